The summed E-state index contributed by atoms with van der Waals surface area (Å²) >= 11 is 0. The number of carboxylic acids is 1. The zero-order valence-corrected chi connectivity index (χ0v) is 13.6. The Bertz CT molecular complexity index is 548. The summed E-state index contributed by atoms with van der Waals surface area (Å²) < 4.78 is 10.7. The summed E-state index contributed by atoms with van der Waals surface area (Å²) in [4.78, 5) is 22.2. The number of methoxy groups -OCH3 is 1. The number of aliphatic carboxylic acids is 1. The van der Waals surface area contributed by atoms with Crippen molar-refractivity contribution in [2.45, 2.75) is 39.2 Å². The van der Waals surface area contributed by atoms with E-state index in [0.29, 0.717) is 11.5 Å². The first-order valence-corrected chi connectivity index (χ1v) is 6.96. The summed E-state index contributed by atoms with van der Waals surface area (Å²) in [6.07, 6.45) is 0. The molecule has 1 aromatic carbocycles. The Balaban J connectivity index is 2.81. The molecule has 0 aliphatic rings. The minimum Gasteiger partial charge on any atom is -0.548 e. The monoisotopic (exact) mass is 308 g/mol. The van der Waals surface area contributed by atoms with Crippen molar-refractivity contribution in [2.24, 2.45) is 0 Å². The maximum absolute atomic E-state index is 11.7. The van der Waals surface area contributed by atoms with Crippen molar-refractivity contribution in [3.63, 3.8) is 0 Å². The van der Waals surface area contributed by atoms with Crippen LogP contribution < -0.4 is 19.9 Å². The van der Waals surface area contributed by atoms with Crippen molar-refractivity contribution in [1.82, 2.24) is 5.32 Å². The molecule has 22 heavy (non-hydrogen) atoms. The molecule has 122 valence electrons. The van der Waals surface area contributed by atoms with Crippen LogP contribution in [0.2, 0.25) is 0 Å². The molecule has 0 aliphatic carbocycles. The molecule has 0 heterocycles. The molecule has 1 aromatic rings. The Morgan fingerprint density at radius 3 is 2.45 bits per heavy atom. The third-order valence-electron chi connectivity index (χ3n) is 3.08. The Morgan fingerprint density at radius 1 is 1.32 bits per heavy atom. The Kier molecular flexibility index (Phi) is 5.79. The normalized spacial score (nSPS) is 12.4. The van der Waals surface area contributed by atoms with Crippen LogP contribution in [0.15, 0.2) is 18.2 Å². The van der Waals surface area contributed by atoms with E-state index in [1.807, 2.05) is 26.8 Å². The van der Waals surface area contributed by atoms with Gasteiger partial charge in [0.05, 0.1) is 19.1 Å². The van der Waals surface area contributed by atoms with Crippen molar-refractivity contribution >= 4 is 11.9 Å². The third-order valence-corrected chi connectivity index (χ3v) is 3.08. The summed E-state index contributed by atoms with van der Waals surface area (Å²) in [7, 11) is 1.58. The lowest BCUT2D eigenvalue weighted by atomic mass is 9.86. The number of carbonyl (C=O) groups excluding carboxylic acids is 2. The first kappa shape index (κ1) is 17.8. The van der Waals surface area contributed by atoms with Gasteiger partial charge in [-0.25, -0.2) is 0 Å². The average molecular weight is 308 g/mol. The van der Waals surface area contributed by atoms with Gasteiger partial charge in [-0.15, -0.1) is 0 Å². The van der Waals surface area contributed by atoms with Crippen LogP contribution in [-0.4, -0.2) is 31.6 Å². The molecule has 6 heteroatoms. The SMILES string of the molecule is COc1ccc(OCC(=O)N[C@@H](C)C(=O)[O-])c(C(C)(C)C)c1. The molecule has 0 saturated heterocycles. The van der Waals surface area contributed by atoms with E-state index < -0.39 is 17.9 Å². The first-order valence-electron chi connectivity index (χ1n) is 6.96. The number of ether oxygens (including phenoxy) is 2. The molecule has 1 atom stereocenters. The smallest absolute Gasteiger partial charge is 0.258 e. The maximum atomic E-state index is 11.7. The summed E-state index contributed by atoms with van der Waals surface area (Å²) in [6, 6.07) is 4.27. The molecular weight excluding hydrogens is 286 g/mol. The van der Waals surface area contributed by atoms with Gasteiger partial charge in [0, 0.05) is 5.56 Å². The zero-order valence-electron chi connectivity index (χ0n) is 13.6. The Labute approximate surface area is 130 Å². The van der Waals surface area contributed by atoms with E-state index in [4.69, 9.17) is 9.47 Å². The number of amides is 1. The van der Waals surface area contributed by atoms with Crippen LogP contribution in [-0.2, 0) is 15.0 Å². The molecule has 1 rings (SSSR count). The van der Waals surface area contributed by atoms with Crippen LogP contribution in [0, 0.1) is 0 Å². The van der Waals surface area contributed by atoms with E-state index >= 15 is 0 Å². The topological polar surface area (TPSA) is 87.7 Å². The molecule has 0 radical (unpaired) electrons. The highest BCUT2D eigenvalue weighted by molar-refractivity contribution is 5.83. The number of benzene rings is 1. The highest BCUT2D eigenvalue weighted by Crippen LogP contribution is 2.34. The fraction of sp³-hybridized carbons (Fsp3) is 0.500. The second-order valence-corrected chi connectivity index (χ2v) is 6.01. The fourth-order valence-corrected chi connectivity index (χ4v) is 1.83. The molecule has 0 aliphatic heterocycles. The lowest BCUT2D eigenvalue weighted by molar-refractivity contribution is -0.307. The van der Waals surface area contributed by atoms with Gasteiger partial charge < -0.3 is 24.7 Å². The number of rotatable bonds is 6. The second-order valence-electron chi connectivity index (χ2n) is 6.01. The van der Waals surface area contributed by atoms with E-state index in [9.17, 15) is 14.7 Å². The summed E-state index contributed by atoms with van der Waals surface area (Å²) in [5, 5.41) is 12.9. The van der Waals surface area contributed by atoms with Crippen molar-refractivity contribution < 1.29 is 24.2 Å². The van der Waals surface area contributed by atoms with Crippen LogP contribution in [0.3, 0.4) is 0 Å². The minimum atomic E-state index is -1.34. The van der Waals surface area contributed by atoms with Gasteiger partial charge in [0.15, 0.2) is 6.61 Å². The first-order chi connectivity index (χ1) is 10.1. The van der Waals surface area contributed by atoms with Gasteiger partial charge in [-0.05, 0) is 30.5 Å². The highest BCUT2D eigenvalue weighted by atomic mass is 16.5. The number of hydrogen-bond acceptors (Lipinski definition) is 5. The molecule has 0 aromatic heterocycles. The quantitative estimate of drug-likeness (QED) is 0.832. The third kappa shape index (κ3) is 4.95. The van der Waals surface area contributed by atoms with Gasteiger partial charge >= 0.3 is 0 Å². The van der Waals surface area contributed by atoms with E-state index in [-0.39, 0.29) is 12.0 Å². The molecule has 1 amide bonds. The fourth-order valence-electron chi connectivity index (χ4n) is 1.83. The van der Waals surface area contributed by atoms with E-state index in [1.54, 1.807) is 19.2 Å². The van der Waals surface area contributed by atoms with Gasteiger partial charge in [0.2, 0.25) is 0 Å². The van der Waals surface area contributed by atoms with E-state index in [0.717, 1.165) is 5.56 Å². The Hall–Kier alpha value is -2.24. The molecular formula is C16H22NO5-. The van der Waals surface area contributed by atoms with Crippen LogP contribution in [0.5, 0.6) is 11.5 Å². The second kappa shape index (κ2) is 7.15. The largest absolute Gasteiger partial charge is 0.548 e. The number of nitrogens with one attached hydrogen (secondary N) is 1. The van der Waals surface area contributed by atoms with E-state index in [2.05, 4.69) is 5.32 Å². The Morgan fingerprint density at radius 2 is 1.95 bits per heavy atom. The molecule has 0 bridgehead atoms. The number of hydrogen-bond donors (Lipinski definition) is 1. The highest BCUT2D eigenvalue weighted by Gasteiger charge is 2.20. The van der Waals surface area contributed by atoms with E-state index in [1.165, 1.54) is 6.92 Å². The van der Waals surface area contributed by atoms with Crippen molar-refractivity contribution in [3.05, 3.63) is 23.8 Å². The molecule has 0 fully saturated rings. The molecule has 0 spiro atoms. The molecule has 0 unspecified atom stereocenters. The molecule has 0 saturated carbocycles. The maximum Gasteiger partial charge on any atom is 0.258 e. The lowest BCUT2D eigenvalue weighted by Gasteiger charge is -2.23. The molecule has 6 nitrogen and oxygen atoms in total. The van der Waals surface area contributed by atoms with Crippen LogP contribution >= 0.6 is 0 Å². The predicted octanol–water partition coefficient (Wildman–Crippen LogP) is 0.626. The lowest BCUT2D eigenvalue weighted by Crippen LogP contribution is -2.47. The van der Waals surface area contributed by atoms with Crippen LogP contribution in [0.1, 0.15) is 33.3 Å². The average Bonchev–Trinajstić information content (AvgIpc) is 2.43. The van der Waals surface area contributed by atoms with Gasteiger partial charge in [-0.2, -0.15) is 0 Å². The minimum absolute atomic E-state index is 0.196. The van der Waals surface area contributed by atoms with Crippen molar-refractivity contribution in [1.29, 1.82) is 0 Å². The molecule has 1 N–H and O–H groups in total. The predicted molar refractivity (Wildman–Crippen MR) is 79.8 cm³/mol. The zero-order chi connectivity index (χ0) is 16.9. The summed E-state index contributed by atoms with van der Waals surface area (Å²) in [5.74, 6) is -0.600. The van der Waals surface area contributed by atoms with Crippen LogP contribution in [0.4, 0.5) is 0 Å². The standard InChI is InChI=1S/C16H23NO5/c1-10(15(19)20)17-14(18)9-22-13-7-6-11(21-5)8-12(13)16(2,3)4/h6-8,10H,9H2,1-5H3,(H,17,18)(H,19,20)/p-1/t10-/m0/s1. The van der Waals surface area contributed by atoms with Gasteiger partial charge in [0.1, 0.15) is 11.5 Å². The van der Waals surface area contributed by atoms with Gasteiger partial charge in [-0.1, -0.05) is 20.8 Å². The van der Waals surface area contributed by atoms with Crippen molar-refractivity contribution in [3.8, 4) is 11.5 Å². The van der Waals surface area contributed by atoms with Gasteiger partial charge in [-0.3, -0.25) is 4.79 Å². The van der Waals surface area contributed by atoms with Gasteiger partial charge in [0.25, 0.3) is 5.91 Å². The summed E-state index contributed by atoms with van der Waals surface area (Å²) in [5.41, 5.74) is 0.700. The van der Waals surface area contributed by atoms with Crippen LogP contribution in [0.25, 0.3) is 0 Å². The number of carbonyl (C=O) groups is 2. The number of carboxylic acid groups (broad SMARTS) is 1. The summed E-state index contributed by atoms with van der Waals surface area (Å²) in [6.45, 7) is 7.13. The van der Waals surface area contributed by atoms with Crippen molar-refractivity contribution in [2.75, 3.05) is 13.7 Å².